The van der Waals surface area contributed by atoms with Crippen LogP contribution in [-0.2, 0) is 0 Å². The molecule has 37 heavy (non-hydrogen) atoms. The Bertz CT molecular complexity index is 1650. The molecule has 5 aromatic rings. The van der Waals surface area contributed by atoms with Gasteiger partial charge in [0.05, 0.1) is 16.8 Å². The lowest BCUT2D eigenvalue weighted by Gasteiger charge is -2.18. The van der Waals surface area contributed by atoms with E-state index in [1.165, 1.54) is 42.6 Å². The van der Waals surface area contributed by atoms with E-state index in [0.717, 1.165) is 12.1 Å². The molecular formula is C26H16F5N5O. The first-order valence-corrected chi connectivity index (χ1v) is 10.8. The Balaban J connectivity index is 1.63. The van der Waals surface area contributed by atoms with Gasteiger partial charge in [-0.3, -0.25) is 10.4 Å². The quantitative estimate of drug-likeness (QED) is 0.173. The fraction of sp³-hybridized carbons (Fsp3) is 0.0385. The van der Waals surface area contributed by atoms with Gasteiger partial charge in [0.15, 0.2) is 17.2 Å². The fourth-order valence-electron chi connectivity index (χ4n) is 3.87. The van der Waals surface area contributed by atoms with E-state index < -0.39 is 34.8 Å². The summed E-state index contributed by atoms with van der Waals surface area (Å²) in [6, 6.07) is 15.3. The summed E-state index contributed by atoms with van der Waals surface area (Å²) in [5, 5.41) is 14.2. The van der Waals surface area contributed by atoms with Crippen molar-refractivity contribution in [2.24, 2.45) is 0 Å². The van der Waals surface area contributed by atoms with E-state index in [-0.39, 0.29) is 22.6 Å². The Kier molecular flexibility index (Phi) is 5.82. The molecular weight excluding hydrogens is 493 g/mol. The molecule has 0 aliphatic heterocycles. The largest absolute Gasteiger partial charge is 0.433 e. The molecule has 4 N–H and O–H groups in total. The molecule has 6 nitrogen and oxygen atoms in total. The number of nitrogens with one attached hydrogen (secondary N) is 2. The van der Waals surface area contributed by atoms with Crippen LogP contribution in [0.4, 0.5) is 39.1 Å². The van der Waals surface area contributed by atoms with E-state index in [2.05, 4.69) is 15.5 Å². The topological polar surface area (TPSA) is 101 Å². The third kappa shape index (κ3) is 4.46. The van der Waals surface area contributed by atoms with Crippen LogP contribution in [0.3, 0.4) is 0 Å². The number of pyridine rings is 1. The molecule has 0 aliphatic rings. The second kappa shape index (κ2) is 9.01. The monoisotopic (exact) mass is 509 g/mol. The number of hydrogen-bond donors (Lipinski definition) is 3. The third-order valence-electron chi connectivity index (χ3n) is 5.68. The van der Waals surface area contributed by atoms with Crippen LogP contribution >= 0.6 is 0 Å². The smallest absolute Gasteiger partial charge is 0.380 e. The average Bonchev–Trinajstić information content (AvgIpc) is 3.25. The Labute approximate surface area is 206 Å². The number of anilines is 3. The minimum atomic E-state index is -5.05. The molecule has 0 aliphatic carbocycles. The minimum Gasteiger partial charge on any atom is -0.380 e. The van der Waals surface area contributed by atoms with Crippen LogP contribution in [0.2, 0.25) is 0 Å². The molecule has 0 fully saturated rings. The van der Waals surface area contributed by atoms with E-state index in [0.29, 0.717) is 22.2 Å². The summed E-state index contributed by atoms with van der Waals surface area (Å²) >= 11 is 0. The molecule has 0 radical (unpaired) electrons. The highest BCUT2D eigenvalue weighted by Gasteiger charge is 2.37. The number of aromatic nitrogens is 2. The van der Waals surface area contributed by atoms with Gasteiger partial charge >= 0.3 is 6.18 Å². The van der Waals surface area contributed by atoms with Crippen molar-refractivity contribution >= 4 is 33.9 Å². The Morgan fingerprint density at radius 2 is 1.73 bits per heavy atom. The summed E-state index contributed by atoms with van der Waals surface area (Å²) < 4.78 is 76.2. The zero-order valence-electron chi connectivity index (χ0n) is 18.7. The van der Waals surface area contributed by atoms with E-state index in [1.807, 2.05) is 0 Å². The molecule has 2 heterocycles. The van der Waals surface area contributed by atoms with Gasteiger partial charge in [-0.2, -0.15) is 13.2 Å². The number of nitrogens with zero attached hydrogens (tertiary/aromatic N) is 2. The summed E-state index contributed by atoms with van der Waals surface area (Å²) in [5.74, 6) is -1.94. The van der Waals surface area contributed by atoms with E-state index in [4.69, 9.17) is 15.7 Å². The number of halogens is 5. The minimum absolute atomic E-state index is 0.0335. The normalized spacial score (nSPS) is 11.6. The van der Waals surface area contributed by atoms with Gasteiger partial charge in [0, 0.05) is 34.1 Å². The summed E-state index contributed by atoms with van der Waals surface area (Å²) in [6.45, 7) is 0. The predicted octanol–water partition coefficient (Wildman–Crippen LogP) is 7.09. The lowest BCUT2D eigenvalue weighted by molar-refractivity contribution is -0.0587. The maximum Gasteiger partial charge on any atom is 0.433 e. The van der Waals surface area contributed by atoms with Crippen LogP contribution in [0.1, 0.15) is 5.56 Å². The summed E-state index contributed by atoms with van der Waals surface area (Å²) in [7, 11) is 0. The molecule has 186 valence electrons. The number of hydrogen-bond acceptors (Lipinski definition) is 6. The third-order valence-corrected chi connectivity index (χ3v) is 5.68. The molecule has 2 aromatic heterocycles. The number of nitrogens with two attached hydrogens (primary N) is 1. The van der Waals surface area contributed by atoms with Crippen molar-refractivity contribution < 1.29 is 26.5 Å². The molecule has 0 unspecified atom stereocenters. The van der Waals surface area contributed by atoms with Crippen LogP contribution in [-0.4, -0.2) is 22.0 Å². The van der Waals surface area contributed by atoms with Crippen molar-refractivity contribution in [1.29, 1.82) is 5.41 Å². The SMILES string of the molecule is N=C(c1ccc(-c2ccc(-c3ccccn3)cc2F)c(F)c1Nc1ccc2onc(N)c2c1)C(F)(F)F. The summed E-state index contributed by atoms with van der Waals surface area (Å²) in [4.78, 5) is 4.15. The maximum atomic E-state index is 15.8. The van der Waals surface area contributed by atoms with Crippen molar-refractivity contribution in [3.8, 4) is 22.4 Å². The van der Waals surface area contributed by atoms with Crippen molar-refractivity contribution in [1.82, 2.24) is 10.1 Å². The second-order valence-corrected chi connectivity index (χ2v) is 8.04. The molecule has 0 saturated heterocycles. The van der Waals surface area contributed by atoms with Crippen LogP contribution in [0.15, 0.2) is 77.4 Å². The standard InChI is InChI=1S/C26H16F5N5O/c27-19-11-13(20-3-1-2-10-34-20)4-6-15(19)16-7-8-17(24(32)26(29,30)31)23(22(16)28)35-14-5-9-21-18(12-14)25(33)36-37-21/h1-12,32,35H,(H2,33,36). The Morgan fingerprint density at radius 1 is 0.946 bits per heavy atom. The molecule has 3 aromatic carbocycles. The van der Waals surface area contributed by atoms with Gasteiger partial charge in [-0.15, -0.1) is 0 Å². The number of benzene rings is 3. The van der Waals surface area contributed by atoms with Gasteiger partial charge in [0.2, 0.25) is 0 Å². The van der Waals surface area contributed by atoms with Crippen LogP contribution in [0, 0.1) is 17.0 Å². The van der Waals surface area contributed by atoms with E-state index in [9.17, 15) is 13.2 Å². The zero-order valence-corrected chi connectivity index (χ0v) is 18.7. The summed E-state index contributed by atoms with van der Waals surface area (Å²) in [6.07, 6.45) is -3.51. The average molecular weight is 509 g/mol. The van der Waals surface area contributed by atoms with Gasteiger partial charge in [0.25, 0.3) is 0 Å². The highest BCUT2D eigenvalue weighted by Crippen LogP contribution is 2.38. The fourth-order valence-corrected chi connectivity index (χ4v) is 3.87. The molecule has 5 rings (SSSR count). The number of rotatable bonds is 5. The first-order valence-electron chi connectivity index (χ1n) is 10.8. The Hall–Kier alpha value is -4.80. The van der Waals surface area contributed by atoms with E-state index in [1.54, 1.807) is 18.2 Å². The first kappa shape index (κ1) is 23.9. The molecule has 11 heteroatoms. The van der Waals surface area contributed by atoms with Gasteiger partial charge in [-0.1, -0.05) is 29.4 Å². The maximum absolute atomic E-state index is 15.8. The molecule has 0 atom stereocenters. The van der Waals surface area contributed by atoms with Crippen LogP contribution in [0.25, 0.3) is 33.4 Å². The first-order chi connectivity index (χ1) is 17.6. The second-order valence-electron chi connectivity index (χ2n) is 8.04. The summed E-state index contributed by atoms with van der Waals surface area (Å²) in [5.41, 5.74) is 3.50. The van der Waals surface area contributed by atoms with Gasteiger partial charge in [-0.05, 0) is 42.5 Å². The Morgan fingerprint density at radius 3 is 2.43 bits per heavy atom. The molecule has 0 amide bonds. The van der Waals surface area contributed by atoms with Crippen molar-refractivity contribution in [3.63, 3.8) is 0 Å². The van der Waals surface area contributed by atoms with Gasteiger partial charge in [0.1, 0.15) is 11.5 Å². The number of alkyl halides is 3. The molecule has 0 spiro atoms. The van der Waals surface area contributed by atoms with Crippen molar-refractivity contribution in [2.45, 2.75) is 6.18 Å². The highest BCUT2D eigenvalue weighted by molar-refractivity contribution is 6.08. The highest BCUT2D eigenvalue weighted by atomic mass is 19.4. The lowest BCUT2D eigenvalue weighted by Crippen LogP contribution is -2.24. The number of nitrogen functional groups attached to an aromatic ring is 1. The molecule has 0 saturated carbocycles. The van der Waals surface area contributed by atoms with Crippen LogP contribution < -0.4 is 11.1 Å². The lowest BCUT2D eigenvalue weighted by atomic mass is 9.97. The van der Waals surface area contributed by atoms with Gasteiger partial charge in [-0.25, -0.2) is 8.78 Å². The predicted molar refractivity (Wildman–Crippen MR) is 130 cm³/mol. The molecule has 0 bridgehead atoms. The van der Waals surface area contributed by atoms with Crippen LogP contribution in [0.5, 0.6) is 0 Å². The van der Waals surface area contributed by atoms with Crippen molar-refractivity contribution in [2.75, 3.05) is 11.1 Å². The van der Waals surface area contributed by atoms with Gasteiger partial charge < -0.3 is 15.6 Å². The van der Waals surface area contributed by atoms with Crippen molar-refractivity contribution in [3.05, 3.63) is 90.1 Å². The zero-order chi connectivity index (χ0) is 26.3. The van der Waals surface area contributed by atoms with E-state index >= 15 is 8.78 Å². The number of fused-ring (bicyclic) bond motifs is 1.